The van der Waals surface area contributed by atoms with Gasteiger partial charge in [-0.05, 0) is 18.2 Å². The van der Waals surface area contributed by atoms with Crippen molar-refractivity contribution < 1.29 is 9.94 Å². The molecule has 0 atom stereocenters. The monoisotopic (exact) mass is 329 g/mol. The summed E-state index contributed by atoms with van der Waals surface area (Å²) >= 11 is 18.0. The Morgan fingerprint density at radius 1 is 1.10 bits per heavy atom. The lowest BCUT2D eigenvalue weighted by Gasteiger charge is -2.12. The van der Waals surface area contributed by atoms with Crippen molar-refractivity contribution in [1.82, 2.24) is 0 Å². The molecule has 1 N–H and O–H groups in total. The van der Waals surface area contributed by atoms with Crippen molar-refractivity contribution in [1.29, 1.82) is 0 Å². The summed E-state index contributed by atoms with van der Waals surface area (Å²) in [5.74, 6) is 0.383. The van der Waals surface area contributed by atoms with Crippen molar-refractivity contribution >= 4 is 41.0 Å². The molecule has 0 unspecified atom stereocenters. The molecule has 0 bridgehead atoms. The average Bonchev–Trinajstić information content (AvgIpc) is 2.40. The van der Waals surface area contributed by atoms with Crippen LogP contribution in [0.2, 0.25) is 15.1 Å². The van der Waals surface area contributed by atoms with Crippen LogP contribution in [-0.2, 0) is 6.61 Å². The molecule has 2 rings (SSSR count). The van der Waals surface area contributed by atoms with E-state index < -0.39 is 0 Å². The molecule has 104 valence electrons. The fourth-order valence-electron chi connectivity index (χ4n) is 1.66. The molecule has 2 aromatic carbocycles. The molecule has 0 aliphatic carbocycles. The summed E-state index contributed by atoms with van der Waals surface area (Å²) in [5, 5.41) is 13.0. The van der Waals surface area contributed by atoms with Crippen molar-refractivity contribution in [3.05, 3.63) is 62.6 Å². The van der Waals surface area contributed by atoms with E-state index >= 15 is 0 Å². The third kappa shape index (κ3) is 3.57. The molecule has 3 nitrogen and oxygen atoms in total. The Morgan fingerprint density at radius 3 is 2.55 bits per heavy atom. The lowest BCUT2D eigenvalue weighted by molar-refractivity contribution is 0.304. The SMILES string of the molecule is O/N=C\c1cc(Cl)cc(Cl)c1OCc1ccccc1Cl. The predicted molar refractivity (Wildman–Crippen MR) is 81.6 cm³/mol. The van der Waals surface area contributed by atoms with Crippen molar-refractivity contribution in [2.24, 2.45) is 5.16 Å². The van der Waals surface area contributed by atoms with Gasteiger partial charge in [-0.1, -0.05) is 58.2 Å². The molecule has 2 aromatic rings. The van der Waals surface area contributed by atoms with E-state index in [4.69, 9.17) is 44.7 Å². The van der Waals surface area contributed by atoms with E-state index in [1.807, 2.05) is 18.2 Å². The Labute approximate surface area is 131 Å². The number of halogens is 3. The molecule has 20 heavy (non-hydrogen) atoms. The minimum atomic E-state index is 0.243. The Kier molecular flexibility index (Phi) is 5.12. The average molecular weight is 331 g/mol. The summed E-state index contributed by atoms with van der Waals surface area (Å²) in [6.45, 7) is 0.243. The minimum absolute atomic E-state index is 0.243. The molecule has 0 aliphatic heterocycles. The second-order valence-electron chi connectivity index (χ2n) is 3.93. The molecule has 0 radical (unpaired) electrons. The van der Waals surface area contributed by atoms with Crippen LogP contribution in [0.1, 0.15) is 11.1 Å². The highest BCUT2D eigenvalue weighted by Crippen LogP contribution is 2.32. The summed E-state index contributed by atoms with van der Waals surface area (Å²) in [6.07, 6.45) is 1.21. The molecule has 0 amide bonds. The normalized spacial score (nSPS) is 10.9. The van der Waals surface area contributed by atoms with E-state index in [0.29, 0.717) is 26.4 Å². The van der Waals surface area contributed by atoms with Crippen molar-refractivity contribution in [2.75, 3.05) is 0 Å². The summed E-state index contributed by atoms with van der Waals surface area (Å²) < 4.78 is 5.66. The Hall–Kier alpha value is -1.42. The van der Waals surface area contributed by atoms with E-state index in [-0.39, 0.29) is 6.61 Å². The van der Waals surface area contributed by atoms with Crippen LogP contribution in [0, 0.1) is 0 Å². The van der Waals surface area contributed by atoms with Gasteiger partial charge in [0.05, 0.1) is 11.2 Å². The van der Waals surface area contributed by atoms with E-state index in [1.54, 1.807) is 18.2 Å². The molecular formula is C14H10Cl3NO2. The van der Waals surface area contributed by atoms with Crippen LogP contribution in [0.3, 0.4) is 0 Å². The van der Waals surface area contributed by atoms with Gasteiger partial charge >= 0.3 is 0 Å². The van der Waals surface area contributed by atoms with Crippen LogP contribution in [0.25, 0.3) is 0 Å². The van der Waals surface area contributed by atoms with Gasteiger partial charge in [-0.2, -0.15) is 0 Å². The number of rotatable bonds is 4. The quantitative estimate of drug-likeness (QED) is 0.485. The summed E-state index contributed by atoms with van der Waals surface area (Å²) in [7, 11) is 0. The molecule has 0 saturated carbocycles. The lowest BCUT2D eigenvalue weighted by atomic mass is 10.2. The maximum Gasteiger partial charge on any atom is 0.147 e. The molecule has 0 saturated heterocycles. The first-order chi connectivity index (χ1) is 9.61. The van der Waals surface area contributed by atoms with Crippen LogP contribution in [0.5, 0.6) is 5.75 Å². The van der Waals surface area contributed by atoms with Gasteiger partial charge in [0, 0.05) is 21.2 Å². The van der Waals surface area contributed by atoms with Crippen LogP contribution < -0.4 is 4.74 Å². The van der Waals surface area contributed by atoms with Gasteiger partial charge in [0.25, 0.3) is 0 Å². The number of nitrogens with zero attached hydrogens (tertiary/aromatic N) is 1. The molecular weight excluding hydrogens is 321 g/mol. The van der Waals surface area contributed by atoms with E-state index in [0.717, 1.165) is 5.56 Å². The van der Waals surface area contributed by atoms with Crippen molar-refractivity contribution in [3.63, 3.8) is 0 Å². The predicted octanol–water partition coefficient (Wildman–Crippen LogP) is 5.03. The van der Waals surface area contributed by atoms with Crippen LogP contribution in [-0.4, -0.2) is 11.4 Å². The fourth-order valence-corrected chi connectivity index (χ4v) is 2.41. The lowest BCUT2D eigenvalue weighted by Crippen LogP contribution is -2.00. The first kappa shape index (κ1) is 15.0. The molecule has 0 heterocycles. The van der Waals surface area contributed by atoms with Crippen LogP contribution in [0.4, 0.5) is 0 Å². The van der Waals surface area contributed by atoms with Gasteiger partial charge in [-0.15, -0.1) is 0 Å². The largest absolute Gasteiger partial charge is 0.487 e. The second-order valence-corrected chi connectivity index (χ2v) is 5.18. The highest BCUT2D eigenvalue weighted by molar-refractivity contribution is 6.36. The number of benzene rings is 2. The van der Waals surface area contributed by atoms with Crippen molar-refractivity contribution in [2.45, 2.75) is 6.61 Å². The second kappa shape index (κ2) is 6.84. The third-order valence-corrected chi connectivity index (χ3v) is 3.43. The Morgan fingerprint density at radius 2 is 1.85 bits per heavy atom. The van der Waals surface area contributed by atoms with Gasteiger partial charge in [-0.25, -0.2) is 0 Å². The first-order valence-corrected chi connectivity index (χ1v) is 6.78. The van der Waals surface area contributed by atoms with Gasteiger partial charge < -0.3 is 9.94 Å². The van der Waals surface area contributed by atoms with Gasteiger partial charge in [-0.3, -0.25) is 0 Å². The van der Waals surface area contributed by atoms with E-state index in [9.17, 15) is 0 Å². The number of oxime groups is 1. The summed E-state index contributed by atoms with van der Waals surface area (Å²) in [4.78, 5) is 0. The van der Waals surface area contributed by atoms with E-state index in [2.05, 4.69) is 5.16 Å². The zero-order chi connectivity index (χ0) is 14.5. The molecule has 6 heteroatoms. The highest BCUT2D eigenvalue weighted by Gasteiger charge is 2.11. The smallest absolute Gasteiger partial charge is 0.147 e. The maximum atomic E-state index is 8.66. The van der Waals surface area contributed by atoms with Gasteiger partial charge in [0.1, 0.15) is 12.4 Å². The van der Waals surface area contributed by atoms with Crippen LogP contribution >= 0.6 is 34.8 Å². The molecule has 0 aliphatic rings. The Bertz CT molecular complexity index is 644. The molecule has 0 aromatic heterocycles. The summed E-state index contributed by atoms with van der Waals surface area (Å²) in [5.41, 5.74) is 1.31. The number of hydrogen-bond donors (Lipinski definition) is 1. The van der Waals surface area contributed by atoms with Crippen molar-refractivity contribution in [3.8, 4) is 5.75 Å². The maximum absolute atomic E-state index is 8.66. The zero-order valence-corrected chi connectivity index (χ0v) is 12.5. The minimum Gasteiger partial charge on any atom is -0.487 e. The number of ether oxygens (including phenoxy) is 1. The third-order valence-electron chi connectivity index (χ3n) is 2.56. The number of hydrogen-bond acceptors (Lipinski definition) is 3. The summed E-state index contributed by atoms with van der Waals surface area (Å²) in [6, 6.07) is 10.5. The topological polar surface area (TPSA) is 41.8 Å². The molecule has 0 fully saturated rings. The standard InChI is InChI=1S/C14H10Cl3NO2/c15-11-5-10(7-18-19)14(13(17)6-11)20-8-9-3-1-2-4-12(9)16/h1-7,19H,8H2/b18-7-. The van der Waals surface area contributed by atoms with Gasteiger partial charge in [0.15, 0.2) is 0 Å². The van der Waals surface area contributed by atoms with Crippen LogP contribution in [0.15, 0.2) is 41.6 Å². The fraction of sp³-hybridized carbons (Fsp3) is 0.0714. The van der Waals surface area contributed by atoms with Gasteiger partial charge in [0.2, 0.25) is 0 Å². The zero-order valence-electron chi connectivity index (χ0n) is 10.2. The first-order valence-electron chi connectivity index (χ1n) is 5.64. The molecule has 0 spiro atoms. The van der Waals surface area contributed by atoms with E-state index in [1.165, 1.54) is 6.21 Å². The Balaban J connectivity index is 2.27. The highest BCUT2D eigenvalue weighted by atomic mass is 35.5.